The zero-order valence-corrected chi connectivity index (χ0v) is 13.8. The van der Waals surface area contributed by atoms with Crippen molar-refractivity contribution in [2.75, 3.05) is 25.2 Å². The first-order valence-electron chi connectivity index (χ1n) is 6.20. The molecular formula is C13H20BrNO3S. The van der Waals surface area contributed by atoms with Gasteiger partial charge in [-0.2, -0.15) is 0 Å². The van der Waals surface area contributed by atoms with E-state index in [0.717, 1.165) is 15.8 Å². The molecule has 0 aromatic heterocycles. The molecule has 108 valence electrons. The molecule has 6 heteroatoms. The Labute approximate surface area is 123 Å². The summed E-state index contributed by atoms with van der Waals surface area (Å²) in [5, 5.41) is 3.20. The summed E-state index contributed by atoms with van der Waals surface area (Å²) in [6, 6.07) is 5.40. The van der Waals surface area contributed by atoms with Crippen LogP contribution in [0.4, 0.5) is 0 Å². The number of benzene rings is 1. The van der Waals surface area contributed by atoms with Crippen LogP contribution in [0.25, 0.3) is 0 Å². The Morgan fingerprint density at radius 2 is 2.05 bits per heavy atom. The number of nitrogens with one attached hydrogen (secondary N) is 1. The highest BCUT2D eigenvalue weighted by Gasteiger charge is 2.19. The van der Waals surface area contributed by atoms with Gasteiger partial charge in [0.15, 0.2) is 0 Å². The summed E-state index contributed by atoms with van der Waals surface area (Å²) in [4.78, 5) is 0. The Morgan fingerprint density at radius 3 is 2.53 bits per heavy atom. The SMILES string of the molecule is CCNC(CS(C)(=O)=O)c1ccc(OCC)cc1Br. The summed E-state index contributed by atoms with van der Waals surface area (Å²) < 4.78 is 29.2. The molecule has 0 saturated heterocycles. The molecule has 0 aliphatic carbocycles. The normalized spacial score (nSPS) is 13.3. The summed E-state index contributed by atoms with van der Waals surface area (Å²) in [5.74, 6) is 0.848. The lowest BCUT2D eigenvalue weighted by atomic mass is 10.1. The van der Waals surface area contributed by atoms with Gasteiger partial charge in [0, 0.05) is 16.8 Å². The third kappa shape index (κ3) is 5.50. The van der Waals surface area contributed by atoms with Crippen molar-refractivity contribution < 1.29 is 13.2 Å². The van der Waals surface area contributed by atoms with Crippen molar-refractivity contribution >= 4 is 25.8 Å². The third-order valence-corrected chi connectivity index (χ3v) is 4.20. The van der Waals surface area contributed by atoms with Gasteiger partial charge in [0.25, 0.3) is 0 Å². The maximum atomic E-state index is 11.5. The Balaban J connectivity index is 3.02. The predicted molar refractivity (Wildman–Crippen MR) is 81.4 cm³/mol. The van der Waals surface area contributed by atoms with E-state index in [2.05, 4.69) is 21.2 Å². The number of hydrogen-bond donors (Lipinski definition) is 1. The summed E-state index contributed by atoms with van der Waals surface area (Å²) in [6.45, 7) is 5.19. The van der Waals surface area contributed by atoms with Crippen LogP contribution in [0.3, 0.4) is 0 Å². The molecular weight excluding hydrogens is 330 g/mol. The van der Waals surface area contributed by atoms with Gasteiger partial charge in [0.1, 0.15) is 15.6 Å². The molecule has 0 amide bonds. The van der Waals surface area contributed by atoms with Crippen molar-refractivity contribution in [3.63, 3.8) is 0 Å². The predicted octanol–water partition coefficient (Wildman–Crippen LogP) is 2.54. The Hall–Kier alpha value is -0.590. The lowest BCUT2D eigenvalue weighted by Crippen LogP contribution is -2.28. The molecule has 19 heavy (non-hydrogen) atoms. The number of rotatable bonds is 7. The average Bonchev–Trinajstić information content (AvgIpc) is 2.27. The minimum atomic E-state index is -3.05. The smallest absolute Gasteiger partial charge is 0.149 e. The zero-order valence-electron chi connectivity index (χ0n) is 11.4. The van der Waals surface area contributed by atoms with Gasteiger partial charge in [-0.3, -0.25) is 0 Å². The van der Waals surface area contributed by atoms with Crippen molar-refractivity contribution in [3.05, 3.63) is 28.2 Å². The molecule has 4 nitrogen and oxygen atoms in total. The molecule has 1 unspecified atom stereocenters. The molecule has 1 atom stereocenters. The van der Waals surface area contributed by atoms with Crippen LogP contribution in [0, 0.1) is 0 Å². The number of halogens is 1. The second kappa shape index (κ2) is 7.26. The number of hydrogen-bond acceptors (Lipinski definition) is 4. The highest BCUT2D eigenvalue weighted by molar-refractivity contribution is 9.10. The standard InChI is InChI=1S/C13H20BrNO3S/c1-4-15-13(9-19(3,16)17)11-7-6-10(18-5-2)8-12(11)14/h6-8,13,15H,4-5,9H2,1-3H3. The van der Waals surface area contributed by atoms with Gasteiger partial charge in [0.2, 0.25) is 0 Å². The van der Waals surface area contributed by atoms with Gasteiger partial charge < -0.3 is 10.1 Å². The number of sulfone groups is 1. The Morgan fingerprint density at radius 1 is 1.37 bits per heavy atom. The van der Waals surface area contributed by atoms with Crippen molar-refractivity contribution in [2.24, 2.45) is 0 Å². The van der Waals surface area contributed by atoms with Crippen LogP contribution in [0.5, 0.6) is 5.75 Å². The topological polar surface area (TPSA) is 55.4 Å². The van der Waals surface area contributed by atoms with Crippen molar-refractivity contribution in [1.29, 1.82) is 0 Å². The molecule has 0 bridgehead atoms. The van der Waals surface area contributed by atoms with Crippen LogP contribution in [0.2, 0.25) is 0 Å². The quantitative estimate of drug-likeness (QED) is 0.821. The van der Waals surface area contributed by atoms with E-state index in [1.165, 1.54) is 6.26 Å². The Bertz CT molecular complexity index is 517. The summed E-state index contributed by atoms with van der Waals surface area (Å²) in [5.41, 5.74) is 0.927. The van der Waals surface area contributed by atoms with Crippen LogP contribution in [0.1, 0.15) is 25.5 Å². The maximum Gasteiger partial charge on any atom is 0.149 e. The van der Waals surface area contributed by atoms with Gasteiger partial charge >= 0.3 is 0 Å². The molecule has 0 saturated carbocycles. The maximum absolute atomic E-state index is 11.5. The minimum Gasteiger partial charge on any atom is -0.494 e. The lowest BCUT2D eigenvalue weighted by molar-refractivity contribution is 0.340. The second-order valence-electron chi connectivity index (χ2n) is 4.32. The summed E-state index contributed by atoms with van der Waals surface area (Å²) >= 11 is 3.48. The average molecular weight is 350 g/mol. The van der Waals surface area contributed by atoms with E-state index >= 15 is 0 Å². The van der Waals surface area contributed by atoms with Gasteiger partial charge in [-0.25, -0.2) is 8.42 Å². The van der Waals surface area contributed by atoms with Crippen LogP contribution in [-0.4, -0.2) is 33.6 Å². The van der Waals surface area contributed by atoms with E-state index in [4.69, 9.17) is 4.74 Å². The van der Waals surface area contributed by atoms with Crippen molar-refractivity contribution in [3.8, 4) is 5.75 Å². The first kappa shape index (κ1) is 16.5. The van der Waals surface area contributed by atoms with E-state index in [0.29, 0.717) is 13.2 Å². The van der Waals surface area contributed by atoms with E-state index < -0.39 is 9.84 Å². The molecule has 0 aliphatic rings. The first-order chi connectivity index (χ1) is 8.87. The molecule has 1 rings (SSSR count). The van der Waals surface area contributed by atoms with Crippen LogP contribution < -0.4 is 10.1 Å². The van der Waals surface area contributed by atoms with Crippen LogP contribution in [-0.2, 0) is 9.84 Å². The van der Waals surface area contributed by atoms with E-state index in [1.807, 2.05) is 32.0 Å². The van der Waals surface area contributed by atoms with E-state index in [9.17, 15) is 8.42 Å². The largest absolute Gasteiger partial charge is 0.494 e. The molecule has 0 radical (unpaired) electrons. The molecule has 1 N–H and O–H groups in total. The van der Waals surface area contributed by atoms with Gasteiger partial charge in [-0.05, 0) is 31.2 Å². The van der Waals surface area contributed by atoms with Gasteiger partial charge in [-0.15, -0.1) is 0 Å². The molecule has 0 aliphatic heterocycles. The summed E-state index contributed by atoms with van der Waals surface area (Å²) in [7, 11) is -3.05. The molecule has 0 fully saturated rings. The van der Waals surface area contributed by atoms with Crippen molar-refractivity contribution in [1.82, 2.24) is 5.32 Å². The van der Waals surface area contributed by atoms with Crippen molar-refractivity contribution in [2.45, 2.75) is 19.9 Å². The van der Waals surface area contributed by atoms with Gasteiger partial charge in [0.05, 0.1) is 12.4 Å². The Kier molecular flexibility index (Phi) is 6.29. The molecule has 1 aromatic rings. The fraction of sp³-hybridized carbons (Fsp3) is 0.538. The molecule has 0 spiro atoms. The van der Waals surface area contributed by atoms with Crippen LogP contribution in [0.15, 0.2) is 22.7 Å². The first-order valence-corrected chi connectivity index (χ1v) is 9.06. The monoisotopic (exact) mass is 349 g/mol. The minimum absolute atomic E-state index is 0.0768. The van der Waals surface area contributed by atoms with Gasteiger partial charge in [-0.1, -0.05) is 28.9 Å². The fourth-order valence-electron chi connectivity index (χ4n) is 1.85. The molecule has 1 aromatic carbocycles. The number of ether oxygens (including phenoxy) is 1. The second-order valence-corrected chi connectivity index (χ2v) is 7.36. The highest BCUT2D eigenvalue weighted by atomic mass is 79.9. The summed E-state index contributed by atoms with van der Waals surface area (Å²) in [6.07, 6.45) is 1.25. The fourth-order valence-corrected chi connectivity index (χ4v) is 3.39. The van der Waals surface area contributed by atoms with Crippen LogP contribution >= 0.6 is 15.9 Å². The highest BCUT2D eigenvalue weighted by Crippen LogP contribution is 2.28. The van der Waals surface area contributed by atoms with E-state index in [1.54, 1.807) is 0 Å². The third-order valence-electron chi connectivity index (χ3n) is 2.58. The van der Waals surface area contributed by atoms with E-state index in [-0.39, 0.29) is 11.8 Å². The zero-order chi connectivity index (χ0) is 14.5. The molecule has 0 heterocycles. The lowest BCUT2D eigenvalue weighted by Gasteiger charge is -2.19.